The third kappa shape index (κ3) is 2.58. The zero-order chi connectivity index (χ0) is 11.4. The fourth-order valence-corrected chi connectivity index (χ4v) is 1.39. The summed E-state index contributed by atoms with van der Waals surface area (Å²) in [5.41, 5.74) is 1.63. The Morgan fingerprint density at radius 3 is 2.67 bits per heavy atom. The summed E-state index contributed by atoms with van der Waals surface area (Å²) in [4.78, 5) is 11.7. The smallest absolute Gasteiger partial charge is 0.269 e. The van der Waals surface area contributed by atoms with Gasteiger partial charge in [0.1, 0.15) is 5.69 Å². The minimum Gasteiger partial charge on any atom is -0.351 e. The third-order valence-corrected chi connectivity index (χ3v) is 2.26. The molecule has 0 aliphatic carbocycles. The van der Waals surface area contributed by atoms with Gasteiger partial charge in [-0.05, 0) is 25.8 Å². The first kappa shape index (κ1) is 11.8. The molecule has 1 rings (SSSR count). The highest BCUT2D eigenvalue weighted by Gasteiger charge is 2.14. The average Bonchev–Trinajstić information content (AvgIpc) is 2.61. The maximum absolute atomic E-state index is 11.7. The Labute approximate surface area is 90.7 Å². The number of carbonyl (C=O) groups is 1. The van der Waals surface area contributed by atoms with Crippen molar-refractivity contribution in [2.75, 3.05) is 6.54 Å². The molecular weight excluding hydrogens is 190 g/mol. The second-order valence-corrected chi connectivity index (χ2v) is 3.78. The first-order valence-electron chi connectivity index (χ1n) is 5.46. The molecule has 0 aliphatic rings. The molecule has 0 spiro atoms. The van der Waals surface area contributed by atoms with E-state index in [1.165, 1.54) is 0 Å². The van der Waals surface area contributed by atoms with Gasteiger partial charge in [-0.25, -0.2) is 0 Å². The minimum absolute atomic E-state index is 0.0428. The number of aryl methyl sites for hydroxylation is 1. The summed E-state index contributed by atoms with van der Waals surface area (Å²) in [5, 5.41) is 7.18. The molecule has 0 saturated carbocycles. The van der Waals surface area contributed by atoms with Crippen LogP contribution >= 0.6 is 0 Å². The molecule has 0 bridgehead atoms. The normalized spacial score (nSPS) is 10.7. The van der Waals surface area contributed by atoms with Crippen molar-refractivity contribution in [2.24, 2.45) is 0 Å². The number of nitrogens with zero attached hydrogens (tertiary/aromatic N) is 2. The number of hydrogen-bond acceptors (Lipinski definition) is 2. The Kier molecular flexibility index (Phi) is 3.88. The van der Waals surface area contributed by atoms with Crippen molar-refractivity contribution < 1.29 is 4.79 Å². The number of nitrogens with one attached hydrogen (secondary N) is 1. The highest BCUT2D eigenvalue weighted by atomic mass is 16.2. The first-order chi connectivity index (χ1) is 7.10. The maximum atomic E-state index is 11.7. The van der Waals surface area contributed by atoms with Gasteiger partial charge >= 0.3 is 0 Å². The molecule has 0 unspecified atom stereocenters. The fraction of sp³-hybridized carbons (Fsp3) is 0.636. The van der Waals surface area contributed by atoms with Crippen molar-refractivity contribution >= 4 is 5.91 Å². The molecule has 0 fully saturated rings. The van der Waals surface area contributed by atoms with E-state index in [9.17, 15) is 4.79 Å². The molecular formula is C11H19N3O. The molecule has 0 aliphatic heterocycles. The van der Waals surface area contributed by atoms with Crippen molar-refractivity contribution in [3.8, 4) is 0 Å². The molecule has 15 heavy (non-hydrogen) atoms. The molecule has 1 aromatic heterocycles. The highest BCUT2D eigenvalue weighted by Crippen LogP contribution is 2.14. The van der Waals surface area contributed by atoms with E-state index in [2.05, 4.69) is 24.3 Å². The predicted octanol–water partition coefficient (Wildman–Crippen LogP) is 1.78. The Bertz CT molecular complexity index is 342. The number of aromatic nitrogens is 2. The van der Waals surface area contributed by atoms with Crippen molar-refractivity contribution in [1.82, 2.24) is 15.1 Å². The van der Waals surface area contributed by atoms with Crippen LogP contribution in [0, 0.1) is 0 Å². The summed E-state index contributed by atoms with van der Waals surface area (Å²) in [7, 11) is 0. The van der Waals surface area contributed by atoms with Gasteiger partial charge in [0.2, 0.25) is 0 Å². The Morgan fingerprint density at radius 2 is 2.20 bits per heavy atom. The fourth-order valence-electron chi connectivity index (χ4n) is 1.39. The van der Waals surface area contributed by atoms with E-state index >= 15 is 0 Å². The molecule has 4 nitrogen and oxygen atoms in total. The Balaban J connectivity index is 3.00. The lowest BCUT2D eigenvalue weighted by molar-refractivity contribution is 0.0945. The van der Waals surface area contributed by atoms with Crippen LogP contribution in [0.3, 0.4) is 0 Å². The van der Waals surface area contributed by atoms with Crippen LogP contribution in [-0.4, -0.2) is 22.2 Å². The number of rotatable bonds is 4. The van der Waals surface area contributed by atoms with Crippen molar-refractivity contribution in [1.29, 1.82) is 0 Å². The van der Waals surface area contributed by atoms with Gasteiger partial charge in [0.25, 0.3) is 5.91 Å². The third-order valence-electron chi connectivity index (χ3n) is 2.26. The minimum atomic E-state index is -0.0428. The molecule has 0 atom stereocenters. The Hall–Kier alpha value is -1.32. The summed E-state index contributed by atoms with van der Waals surface area (Å²) < 4.78 is 1.75. The summed E-state index contributed by atoms with van der Waals surface area (Å²) in [5.74, 6) is 0.310. The summed E-state index contributed by atoms with van der Waals surface area (Å²) in [6.45, 7) is 9.41. The molecule has 1 aromatic rings. The second kappa shape index (κ2) is 4.96. The number of carbonyl (C=O) groups excluding carboxylic acids is 1. The first-order valence-corrected chi connectivity index (χ1v) is 5.46. The van der Waals surface area contributed by atoms with Crippen LogP contribution in [0.5, 0.6) is 0 Å². The van der Waals surface area contributed by atoms with Gasteiger partial charge in [-0.2, -0.15) is 5.10 Å². The van der Waals surface area contributed by atoms with Gasteiger partial charge in [0, 0.05) is 13.1 Å². The van der Waals surface area contributed by atoms with Crippen LogP contribution in [-0.2, 0) is 6.54 Å². The highest BCUT2D eigenvalue weighted by molar-refractivity contribution is 5.92. The number of hydrogen-bond donors (Lipinski definition) is 1. The van der Waals surface area contributed by atoms with Crippen LogP contribution in [0.15, 0.2) is 6.07 Å². The zero-order valence-electron chi connectivity index (χ0n) is 9.87. The van der Waals surface area contributed by atoms with Crippen LogP contribution in [0.4, 0.5) is 0 Å². The standard InChI is InChI=1S/C11H19N3O/c1-5-12-11(15)10-7-9(8(3)4)13-14(10)6-2/h7-8H,5-6H2,1-4H3,(H,12,15). The second-order valence-electron chi connectivity index (χ2n) is 3.78. The predicted molar refractivity (Wildman–Crippen MR) is 60.0 cm³/mol. The topological polar surface area (TPSA) is 46.9 Å². The molecule has 0 saturated heterocycles. The van der Waals surface area contributed by atoms with E-state index in [1.807, 2.05) is 19.9 Å². The van der Waals surface area contributed by atoms with Crippen molar-refractivity contribution in [2.45, 2.75) is 40.2 Å². The molecule has 0 radical (unpaired) electrons. The van der Waals surface area contributed by atoms with Crippen LogP contribution in [0.1, 0.15) is 49.8 Å². The Morgan fingerprint density at radius 1 is 1.53 bits per heavy atom. The molecule has 1 heterocycles. The molecule has 1 amide bonds. The van der Waals surface area contributed by atoms with E-state index < -0.39 is 0 Å². The lowest BCUT2D eigenvalue weighted by Crippen LogP contribution is -2.25. The zero-order valence-corrected chi connectivity index (χ0v) is 9.87. The lowest BCUT2D eigenvalue weighted by atomic mass is 10.1. The average molecular weight is 209 g/mol. The van der Waals surface area contributed by atoms with Crippen LogP contribution < -0.4 is 5.32 Å². The molecule has 1 N–H and O–H groups in total. The van der Waals surface area contributed by atoms with Gasteiger partial charge in [-0.1, -0.05) is 13.8 Å². The SMILES string of the molecule is CCNC(=O)c1cc(C(C)C)nn1CC. The van der Waals surface area contributed by atoms with Crippen molar-refractivity contribution in [3.63, 3.8) is 0 Å². The largest absolute Gasteiger partial charge is 0.351 e. The van der Waals surface area contributed by atoms with E-state index in [0.29, 0.717) is 18.2 Å². The molecule has 4 heteroatoms. The van der Waals surface area contributed by atoms with Gasteiger partial charge in [0.05, 0.1) is 5.69 Å². The van der Waals surface area contributed by atoms with Crippen LogP contribution in [0.25, 0.3) is 0 Å². The van der Waals surface area contributed by atoms with E-state index in [4.69, 9.17) is 0 Å². The van der Waals surface area contributed by atoms with Crippen molar-refractivity contribution in [3.05, 3.63) is 17.5 Å². The van der Waals surface area contributed by atoms with Gasteiger partial charge < -0.3 is 5.32 Å². The van der Waals surface area contributed by atoms with E-state index in [0.717, 1.165) is 12.2 Å². The quantitative estimate of drug-likeness (QED) is 0.821. The maximum Gasteiger partial charge on any atom is 0.269 e. The lowest BCUT2D eigenvalue weighted by Gasteiger charge is -2.03. The summed E-state index contributed by atoms with van der Waals surface area (Å²) in [6, 6.07) is 1.87. The monoisotopic (exact) mass is 209 g/mol. The van der Waals surface area contributed by atoms with E-state index in [1.54, 1.807) is 4.68 Å². The van der Waals surface area contributed by atoms with Crippen LogP contribution in [0.2, 0.25) is 0 Å². The number of amides is 1. The summed E-state index contributed by atoms with van der Waals surface area (Å²) in [6.07, 6.45) is 0. The van der Waals surface area contributed by atoms with E-state index in [-0.39, 0.29) is 5.91 Å². The molecule has 84 valence electrons. The van der Waals surface area contributed by atoms with Gasteiger partial charge in [0.15, 0.2) is 0 Å². The van der Waals surface area contributed by atoms with Gasteiger partial charge in [-0.15, -0.1) is 0 Å². The summed E-state index contributed by atoms with van der Waals surface area (Å²) >= 11 is 0. The van der Waals surface area contributed by atoms with Gasteiger partial charge in [-0.3, -0.25) is 9.48 Å². The molecule has 0 aromatic carbocycles.